The van der Waals surface area contributed by atoms with Gasteiger partial charge in [0.05, 0.1) is 6.61 Å². The third kappa shape index (κ3) is 4.95. The lowest BCUT2D eigenvalue weighted by Gasteiger charge is -2.34. The number of alkyl halides is 11. The molecule has 2 nitrogen and oxygen atoms in total. The average Bonchev–Trinajstić information content (AvgIpc) is 2.24. The summed E-state index contributed by atoms with van der Waals surface area (Å²) in [6, 6.07) is 0. The van der Waals surface area contributed by atoms with Gasteiger partial charge in [-0.15, -0.1) is 0 Å². The van der Waals surface area contributed by atoms with Crippen LogP contribution >= 0.6 is 24.0 Å². The molecule has 0 aromatic heterocycles. The predicted molar refractivity (Wildman–Crippen MR) is 58.7 cm³/mol. The molecule has 0 amide bonds. The van der Waals surface area contributed by atoms with Crippen molar-refractivity contribution >= 4 is 28.4 Å². The quantitative estimate of drug-likeness (QED) is 0.362. The van der Waals surface area contributed by atoms with Gasteiger partial charge in [0.1, 0.15) is 0 Å². The number of thioether (sulfide) groups is 1. The van der Waals surface area contributed by atoms with Crippen LogP contribution in [-0.2, 0) is 9.47 Å². The zero-order chi connectivity index (χ0) is 18.9. The second-order valence-corrected chi connectivity index (χ2v) is 5.24. The normalized spacial score (nSPS) is 16.9. The molecule has 0 radical (unpaired) electrons. The summed E-state index contributed by atoms with van der Waals surface area (Å²) in [7, 11) is 0. The minimum atomic E-state index is -7.10. The summed E-state index contributed by atoms with van der Waals surface area (Å²) in [6.07, 6.45) is -20.3. The van der Waals surface area contributed by atoms with E-state index in [0.717, 1.165) is 6.92 Å². The molecule has 23 heavy (non-hydrogen) atoms. The van der Waals surface area contributed by atoms with Crippen LogP contribution < -0.4 is 0 Å². The Balaban J connectivity index is 5.68. The minimum absolute atomic E-state index is 0.463. The van der Waals surface area contributed by atoms with E-state index in [9.17, 15) is 48.3 Å². The van der Waals surface area contributed by atoms with Crippen LogP contribution in [0.1, 0.15) is 6.92 Å². The molecule has 0 aliphatic carbocycles. The molecule has 138 valence electrons. The van der Waals surface area contributed by atoms with Gasteiger partial charge in [-0.05, 0) is 19.1 Å². The molecule has 0 saturated heterocycles. The summed E-state index contributed by atoms with van der Waals surface area (Å²) >= 11 is 2.54. The van der Waals surface area contributed by atoms with Gasteiger partial charge in [0, 0.05) is 11.8 Å². The molecule has 0 N–H and O–H groups in total. The van der Waals surface area contributed by atoms with Gasteiger partial charge >= 0.3 is 29.6 Å². The molecule has 0 saturated carbocycles. The smallest absolute Gasteiger partial charge is 0.462 e. The third-order valence-electron chi connectivity index (χ3n) is 1.80. The highest BCUT2D eigenvalue weighted by atomic mass is 32.2. The van der Waals surface area contributed by atoms with Crippen molar-refractivity contribution in [2.45, 2.75) is 36.5 Å². The number of ether oxygens (including phenoxy) is 2. The van der Waals surface area contributed by atoms with Crippen LogP contribution in [0.3, 0.4) is 0 Å². The van der Waals surface area contributed by atoms with E-state index < -0.39 is 52.3 Å². The minimum Gasteiger partial charge on any atom is -0.479 e. The predicted octanol–water partition coefficient (Wildman–Crippen LogP) is 5.03. The van der Waals surface area contributed by atoms with E-state index >= 15 is 0 Å². The summed E-state index contributed by atoms with van der Waals surface area (Å²) in [4.78, 5) is 0. The van der Waals surface area contributed by atoms with Crippen molar-refractivity contribution in [3.05, 3.63) is 0 Å². The maximum absolute atomic E-state index is 13.6. The highest BCUT2D eigenvalue weighted by Crippen LogP contribution is 2.54. The summed E-state index contributed by atoms with van der Waals surface area (Å²) in [6.45, 7) is 0.669. The van der Waals surface area contributed by atoms with E-state index in [1.54, 1.807) is 0 Å². The van der Waals surface area contributed by atoms with E-state index in [2.05, 4.69) is 21.7 Å². The van der Waals surface area contributed by atoms with Gasteiger partial charge in [-0.2, -0.15) is 48.3 Å². The largest absolute Gasteiger partial charge is 0.479 e. The first kappa shape index (κ1) is 22.4. The second kappa shape index (κ2) is 6.74. The Bertz CT molecular complexity index is 433. The molecule has 0 bridgehead atoms. The molecule has 0 aromatic rings. The standard InChI is InChI=1S/C8H5F11O2S2/c1-2-20-3(22)23-8(19,6(14,15)16)21-7(17,18)4(9,10)5(11,12)13/h2H2,1H3. The Morgan fingerprint density at radius 1 is 0.870 bits per heavy atom. The van der Waals surface area contributed by atoms with Crippen molar-refractivity contribution in [1.29, 1.82) is 0 Å². The van der Waals surface area contributed by atoms with Crippen molar-refractivity contribution in [3.63, 3.8) is 0 Å². The molecular formula is C8H5F11O2S2. The molecule has 0 aliphatic heterocycles. The highest BCUT2D eigenvalue weighted by Gasteiger charge is 2.78. The lowest BCUT2D eigenvalue weighted by molar-refractivity contribution is -0.464. The maximum atomic E-state index is 13.6. The number of halogens is 11. The Kier molecular flexibility index (Phi) is 6.57. The summed E-state index contributed by atoms with van der Waals surface area (Å²) in [5, 5.41) is -5.71. The zero-order valence-corrected chi connectivity index (χ0v) is 12.1. The average molecular weight is 406 g/mol. The van der Waals surface area contributed by atoms with E-state index in [4.69, 9.17) is 0 Å². The molecule has 1 atom stereocenters. The van der Waals surface area contributed by atoms with Crippen LogP contribution in [0.15, 0.2) is 0 Å². The Morgan fingerprint density at radius 3 is 1.61 bits per heavy atom. The highest BCUT2D eigenvalue weighted by molar-refractivity contribution is 8.23. The van der Waals surface area contributed by atoms with E-state index in [1.165, 1.54) is 0 Å². The number of hydrogen-bond acceptors (Lipinski definition) is 4. The first-order valence-corrected chi connectivity index (χ1v) is 6.27. The third-order valence-corrected chi connectivity index (χ3v) is 3.03. The van der Waals surface area contributed by atoms with Gasteiger partial charge in [0.25, 0.3) is 0 Å². The Labute approximate surface area is 130 Å². The fourth-order valence-electron chi connectivity index (χ4n) is 0.785. The van der Waals surface area contributed by atoms with Crippen molar-refractivity contribution in [2.75, 3.05) is 6.61 Å². The molecule has 1 unspecified atom stereocenters. The molecule has 0 heterocycles. The topological polar surface area (TPSA) is 18.5 Å². The van der Waals surface area contributed by atoms with Crippen molar-refractivity contribution in [2.24, 2.45) is 0 Å². The lowest BCUT2D eigenvalue weighted by atomic mass is 10.3. The van der Waals surface area contributed by atoms with Gasteiger partial charge in [-0.3, -0.25) is 4.74 Å². The second-order valence-electron chi connectivity index (χ2n) is 3.51. The molecule has 0 spiro atoms. The van der Waals surface area contributed by atoms with Crippen LogP contribution in [0.5, 0.6) is 0 Å². The first-order chi connectivity index (χ1) is 9.91. The molecular weight excluding hydrogens is 401 g/mol. The summed E-state index contributed by atoms with van der Waals surface area (Å²) in [5.41, 5.74) is 0. The number of hydrogen-bond donors (Lipinski definition) is 0. The monoisotopic (exact) mass is 406 g/mol. The number of thiocarbonyl (C=S) groups is 1. The van der Waals surface area contributed by atoms with Gasteiger partial charge in [-0.25, -0.2) is 0 Å². The summed E-state index contributed by atoms with van der Waals surface area (Å²) < 4.78 is 142. The van der Waals surface area contributed by atoms with Crippen LogP contribution in [0.4, 0.5) is 48.3 Å². The Hall–Kier alpha value is -0.570. The van der Waals surface area contributed by atoms with Gasteiger partial charge in [-0.1, -0.05) is 0 Å². The summed E-state index contributed by atoms with van der Waals surface area (Å²) in [5.74, 6) is -7.10. The molecule has 15 heteroatoms. The van der Waals surface area contributed by atoms with Gasteiger partial charge in [0.15, 0.2) is 0 Å². The van der Waals surface area contributed by atoms with Gasteiger partial charge in [0.2, 0.25) is 4.38 Å². The van der Waals surface area contributed by atoms with Crippen LogP contribution in [0, 0.1) is 0 Å². The lowest BCUT2D eigenvalue weighted by Crippen LogP contribution is -2.58. The molecule has 0 fully saturated rings. The SMILES string of the molecule is CCOC(=S)SC(F)(OC(F)(F)C(F)(F)C(F)(F)F)C(F)(F)F. The molecule has 0 aromatic carbocycles. The van der Waals surface area contributed by atoms with E-state index in [1.807, 2.05) is 0 Å². The fourth-order valence-corrected chi connectivity index (χ4v) is 1.88. The van der Waals surface area contributed by atoms with Gasteiger partial charge < -0.3 is 4.74 Å². The number of rotatable bonds is 5. The molecule has 0 rings (SSSR count). The maximum Gasteiger partial charge on any atom is 0.462 e. The van der Waals surface area contributed by atoms with Crippen molar-refractivity contribution in [1.82, 2.24) is 0 Å². The van der Waals surface area contributed by atoms with E-state index in [0.29, 0.717) is 0 Å². The van der Waals surface area contributed by atoms with E-state index in [-0.39, 0.29) is 0 Å². The van der Waals surface area contributed by atoms with Crippen molar-refractivity contribution in [3.8, 4) is 0 Å². The van der Waals surface area contributed by atoms with Crippen LogP contribution in [-0.4, -0.2) is 40.6 Å². The Morgan fingerprint density at radius 2 is 1.30 bits per heavy atom. The van der Waals surface area contributed by atoms with Crippen LogP contribution in [0.2, 0.25) is 0 Å². The van der Waals surface area contributed by atoms with Crippen molar-refractivity contribution < 1.29 is 57.8 Å². The molecule has 0 aliphatic rings. The fraction of sp³-hybridized carbons (Fsp3) is 0.875. The zero-order valence-electron chi connectivity index (χ0n) is 10.5. The van der Waals surface area contributed by atoms with Crippen LogP contribution in [0.25, 0.3) is 0 Å². The first-order valence-electron chi connectivity index (χ1n) is 5.05.